The molecule has 1 heterocycles. The lowest BCUT2D eigenvalue weighted by Gasteiger charge is -2.34. The number of aryl methyl sites for hydroxylation is 1. The quantitative estimate of drug-likeness (QED) is 0.617. The zero-order valence-electron chi connectivity index (χ0n) is 13.9. The molecule has 7 heteroatoms. The Labute approximate surface area is 135 Å². The molecular weight excluding hydrogens is 300 g/mol. The van der Waals surface area contributed by atoms with Crippen molar-refractivity contribution in [2.75, 3.05) is 19.7 Å². The van der Waals surface area contributed by atoms with Gasteiger partial charge in [-0.25, -0.2) is 4.79 Å². The number of ether oxygens (including phenoxy) is 2. The first kappa shape index (κ1) is 17.2. The van der Waals surface area contributed by atoms with E-state index in [-0.39, 0.29) is 17.9 Å². The smallest absolute Gasteiger partial charge is 0.410 e. The van der Waals surface area contributed by atoms with Crippen molar-refractivity contribution in [2.45, 2.75) is 39.4 Å². The molecular formula is C16H22N2O5. The fraction of sp³-hybridized carbons (Fsp3) is 0.562. The van der Waals surface area contributed by atoms with Gasteiger partial charge in [-0.3, -0.25) is 10.1 Å². The number of hydrogen-bond donors (Lipinski definition) is 0. The summed E-state index contributed by atoms with van der Waals surface area (Å²) in [5.74, 6) is 0. The third kappa shape index (κ3) is 4.41. The van der Waals surface area contributed by atoms with Crippen LogP contribution in [-0.4, -0.2) is 41.2 Å². The lowest BCUT2D eigenvalue weighted by molar-refractivity contribution is -0.385. The van der Waals surface area contributed by atoms with Crippen LogP contribution >= 0.6 is 0 Å². The summed E-state index contributed by atoms with van der Waals surface area (Å²) in [6.07, 6.45) is -0.680. The summed E-state index contributed by atoms with van der Waals surface area (Å²) in [6.45, 7) is 8.40. The van der Waals surface area contributed by atoms with Gasteiger partial charge in [0.15, 0.2) is 0 Å². The molecule has 0 radical (unpaired) electrons. The maximum atomic E-state index is 12.2. The van der Waals surface area contributed by atoms with Gasteiger partial charge in [-0.2, -0.15) is 0 Å². The molecule has 0 aliphatic carbocycles. The highest BCUT2D eigenvalue weighted by molar-refractivity contribution is 5.68. The van der Waals surface area contributed by atoms with Gasteiger partial charge in [-0.05, 0) is 45.4 Å². The summed E-state index contributed by atoms with van der Waals surface area (Å²) in [4.78, 5) is 24.2. The average Bonchev–Trinajstić information content (AvgIpc) is 2.45. The number of carbonyl (C=O) groups excluding carboxylic acids is 1. The second-order valence-electron chi connectivity index (χ2n) is 6.59. The van der Waals surface area contributed by atoms with Crippen molar-refractivity contribution >= 4 is 11.8 Å². The third-order valence-corrected chi connectivity index (χ3v) is 3.51. The van der Waals surface area contributed by atoms with Crippen LogP contribution in [0.4, 0.5) is 10.5 Å². The summed E-state index contributed by atoms with van der Waals surface area (Å²) in [7, 11) is 0. The fourth-order valence-corrected chi connectivity index (χ4v) is 2.43. The van der Waals surface area contributed by atoms with Crippen LogP contribution in [0, 0.1) is 17.0 Å². The Morgan fingerprint density at radius 1 is 1.43 bits per heavy atom. The molecule has 0 saturated carbocycles. The fourth-order valence-electron chi connectivity index (χ4n) is 2.43. The summed E-state index contributed by atoms with van der Waals surface area (Å²) in [5.41, 5.74) is 0.926. The van der Waals surface area contributed by atoms with Crippen LogP contribution in [0.3, 0.4) is 0 Å². The topological polar surface area (TPSA) is 81.9 Å². The lowest BCUT2D eigenvalue weighted by Crippen LogP contribution is -2.44. The number of nitrogens with zero attached hydrogens (tertiary/aromatic N) is 2. The van der Waals surface area contributed by atoms with Crippen LogP contribution in [0.1, 0.15) is 38.0 Å². The van der Waals surface area contributed by atoms with Gasteiger partial charge < -0.3 is 14.4 Å². The molecule has 2 rings (SSSR count). The molecule has 23 heavy (non-hydrogen) atoms. The number of amides is 1. The van der Waals surface area contributed by atoms with Crippen molar-refractivity contribution in [1.29, 1.82) is 0 Å². The second kappa shape index (κ2) is 6.54. The molecule has 1 fully saturated rings. The van der Waals surface area contributed by atoms with Gasteiger partial charge in [0, 0.05) is 18.2 Å². The number of benzene rings is 1. The Balaban J connectivity index is 2.11. The molecule has 0 N–H and O–H groups in total. The molecule has 0 aromatic heterocycles. The minimum Gasteiger partial charge on any atom is -0.444 e. The largest absolute Gasteiger partial charge is 0.444 e. The molecule has 0 spiro atoms. The van der Waals surface area contributed by atoms with Gasteiger partial charge in [0.05, 0.1) is 18.1 Å². The normalized spacial score (nSPS) is 18.6. The van der Waals surface area contributed by atoms with Gasteiger partial charge in [0.25, 0.3) is 5.69 Å². The van der Waals surface area contributed by atoms with E-state index >= 15 is 0 Å². The highest BCUT2D eigenvalue weighted by atomic mass is 16.6. The van der Waals surface area contributed by atoms with Crippen LogP contribution in [-0.2, 0) is 9.47 Å². The van der Waals surface area contributed by atoms with E-state index in [9.17, 15) is 14.9 Å². The van der Waals surface area contributed by atoms with Crippen molar-refractivity contribution in [3.05, 3.63) is 39.4 Å². The zero-order valence-corrected chi connectivity index (χ0v) is 13.9. The van der Waals surface area contributed by atoms with Crippen molar-refractivity contribution in [3.8, 4) is 0 Å². The van der Waals surface area contributed by atoms with Crippen molar-refractivity contribution in [3.63, 3.8) is 0 Å². The maximum absolute atomic E-state index is 12.2. The van der Waals surface area contributed by atoms with E-state index in [0.29, 0.717) is 25.3 Å². The van der Waals surface area contributed by atoms with Gasteiger partial charge in [0.2, 0.25) is 0 Å². The Bertz CT molecular complexity index is 609. The summed E-state index contributed by atoms with van der Waals surface area (Å²) < 4.78 is 11.1. The van der Waals surface area contributed by atoms with Crippen LogP contribution in [0.2, 0.25) is 0 Å². The van der Waals surface area contributed by atoms with Gasteiger partial charge in [0.1, 0.15) is 11.7 Å². The number of morpholine rings is 1. The highest BCUT2D eigenvalue weighted by Gasteiger charge is 2.29. The molecule has 0 bridgehead atoms. The van der Waals surface area contributed by atoms with E-state index in [4.69, 9.17) is 9.47 Å². The summed E-state index contributed by atoms with van der Waals surface area (Å²) >= 11 is 0. The van der Waals surface area contributed by atoms with Gasteiger partial charge in [-0.1, -0.05) is 0 Å². The lowest BCUT2D eigenvalue weighted by atomic mass is 10.0. The molecule has 1 aromatic rings. The predicted octanol–water partition coefficient (Wildman–Crippen LogP) is 3.21. The first-order valence-electron chi connectivity index (χ1n) is 7.52. The van der Waals surface area contributed by atoms with E-state index in [1.807, 2.05) is 20.8 Å². The summed E-state index contributed by atoms with van der Waals surface area (Å²) in [6, 6.07) is 4.89. The minimum atomic E-state index is -0.547. The molecule has 1 saturated heterocycles. The van der Waals surface area contributed by atoms with E-state index in [0.717, 1.165) is 5.56 Å². The highest BCUT2D eigenvalue weighted by Crippen LogP contribution is 2.27. The predicted molar refractivity (Wildman–Crippen MR) is 84.3 cm³/mol. The van der Waals surface area contributed by atoms with E-state index in [1.54, 1.807) is 24.0 Å². The van der Waals surface area contributed by atoms with Crippen LogP contribution in [0.5, 0.6) is 0 Å². The monoisotopic (exact) mass is 322 g/mol. The second-order valence-corrected chi connectivity index (χ2v) is 6.59. The molecule has 1 aliphatic heterocycles. The molecule has 7 nitrogen and oxygen atoms in total. The Morgan fingerprint density at radius 2 is 2.13 bits per heavy atom. The van der Waals surface area contributed by atoms with Crippen molar-refractivity contribution in [2.24, 2.45) is 0 Å². The Kier molecular flexibility index (Phi) is 4.89. The Hall–Kier alpha value is -2.15. The van der Waals surface area contributed by atoms with Crippen LogP contribution < -0.4 is 0 Å². The zero-order chi connectivity index (χ0) is 17.2. The molecule has 1 aromatic carbocycles. The van der Waals surface area contributed by atoms with E-state index in [1.165, 1.54) is 6.07 Å². The van der Waals surface area contributed by atoms with Crippen molar-refractivity contribution < 1.29 is 19.2 Å². The van der Waals surface area contributed by atoms with E-state index < -0.39 is 10.5 Å². The number of nitro benzene ring substituents is 1. The van der Waals surface area contributed by atoms with Crippen LogP contribution in [0.25, 0.3) is 0 Å². The molecule has 1 aliphatic rings. The number of nitro groups is 1. The SMILES string of the molecule is Cc1cc([C@H]2CN(C(=O)OC(C)(C)C)CCO2)ccc1[N+](=O)[O-]. The van der Waals surface area contributed by atoms with Crippen LogP contribution in [0.15, 0.2) is 18.2 Å². The number of carbonyl (C=O) groups is 1. The molecule has 1 atom stereocenters. The standard InChI is InChI=1S/C16H22N2O5/c1-11-9-12(5-6-13(11)18(20)21)14-10-17(7-8-22-14)15(19)23-16(2,3)4/h5-6,9,14H,7-8,10H2,1-4H3/t14-/m1/s1. The maximum Gasteiger partial charge on any atom is 0.410 e. The molecule has 126 valence electrons. The average molecular weight is 322 g/mol. The molecule has 0 unspecified atom stereocenters. The van der Waals surface area contributed by atoms with Gasteiger partial charge >= 0.3 is 6.09 Å². The number of hydrogen-bond acceptors (Lipinski definition) is 5. The first-order valence-corrected chi connectivity index (χ1v) is 7.52. The molecule has 1 amide bonds. The number of rotatable bonds is 2. The first-order chi connectivity index (χ1) is 10.7. The third-order valence-electron chi connectivity index (χ3n) is 3.51. The van der Waals surface area contributed by atoms with Crippen molar-refractivity contribution in [1.82, 2.24) is 4.90 Å². The minimum absolute atomic E-state index is 0.0774. The summed E-state index contributed by atoms with van der Waals surface area (Å²) in [5, 5.41) is 10.9. The van der Waals surface area contributed by atoms with E-state index in [2.05, 4.69) is 0 Å². The Morgan fingerprint density at radius 3 is 2.70 bits per heavy atom. The van der Waals surface area contributed by atoms with Gasteiger partial charge in [-0.15, -0.1) is 0 Å².